The zero-order chi connectivity index (χ0) is 21.8. The highest BCUT2D eigenvalue weighted by atomic mass is 32.2. The largest absolute Gasteiger partial charge is 0.335 e. The first kappa shape index (κ1) is 19.8. The molecule has 3 atom stereocenters. The van der Waals surface area contributed by atoms with E-state index in [2.05, 4.69) is 27.8 Å². The Morgan fingerprint density at radius 1 is 1.16 bits per heavy atom. The van der Waals surface area contributed by atoms with Crippen LogP contribution in [0, 0.1) is 12.8 Å². The van der Waals surface area contributed by atoms with Crippen molar-refractivity contribution >= 4 is 17.7 Å². The van der Waals surface area contributed by atoms with Crippen LogP contribution in [0.2, 0.25) is 0 Å². The molecule has 2 aromatic heterocycles. The number of amides is 1. The summed E-state index contributed by atoms with van der Waals surface area (Å²) < 4.78 is 2.14. The highest BCUT2D eigenvalue weighted by molar-refractivity contribution is 7.99. The molecule has 3 unspecified atom stereocenters. The maximum atomic E-state index is 13.8. The summed E-state index contributed by atoms with van der Waals surface area (Å²) in [6.07, 6.45) is 7.61. The van der Waals surface area contributed by atoms with E-state index in [9.17, 15) is 9.59 Å². The number of carbonyl (C=O) groups excluding carboxylic acids is 1. The van der Waals surface area contributed by atoms with Crippen molar-refractivity contribution in [2.75, 3.05) is 6.54 Å². The lowest BCUT2D eigenvalue weighted by atomic mass is 10.0. The maximum absolute atomic E-state index is 13.8. The predicted molar refractivity (Wildman–Crippen MR) is 125 cm³/mol. The van der Waals surface area contributed by atoms with Crippen LogP contribution in [0.1, 0.15) is 51.8 Å². The van der Waals surface area contributed by atoms with Crippen LogP contribution in [0.4, 0.5) is 0 Å². The summed E-state index contributed by atoms with van der Waals surface area (Å²) in [7, 11) is 0. The molecular weight excluding hydrogens is 418 g/mol. The third-order valence-corrected chi connectivity index (χ3v) is 8.51. The van der Waals surface area contributed by atoms with E-state index in [-0.39, 0.29) is 22.6 Å². The molecule has 6 rings (SSSR count). The Kier molecular flexibility index (Phi) is 4.72. The van der Waals surface area contributed by atoms with Gasteiger partial charge in [0.05, 0.1) is 5.69 Å². The SMILES string of the molecule is Cc1cc(=O)c(C(=O)N2CC3CCC2C3)c2n1-c1ccccc1SC(c1cccnc1)C2. The van der Waals surface area contributed by atoms with Crippen LogP contribution < -0.4 is 5.43 Å². The van der Waals surface area contributed by atoms with Crippen LogP contribution >= 0.6 is 11.8 Å². The number of pyridine rings is 2. The number of thioether (sulfide) groups is 1. The quantitative estimate of drug-likeness (QED) is 0.583. The summed E-state index contributed by atoms with van der Waals surface area (Å²) >= 11 is 1.78. The van der Waals surface area contributed by atoms with Gasteiger partial charge in [0.15, 0.2) is 5.43 Å². The zero-order valence-corrected chi connectivity index (χ0v) is 18.8. The van der Waals surface area contributed by atoms with Gasteiger partial charge in [-0.25, -0.2) is 0 Å². The summed E-state index contributed by atoms with van der Waals surface area (Å²) in [5, 5.41) is 0.0707. The average molecular weight is 444 g/mol. The molecule has 2 aliphatic heterocycles. The van der Waals surface area contributed by atoms with Gasteiger partial charge in [-0.15, -0.1) is 11.8 Å². The number of hydrogen-bond donors (Lipinski definition) is 0. The van der Waals surface area contributed by atoms with Gasteiger partial charge in [0, 0.05) is 59.0 Å². The molecule has 6 heteroatoms. The first-order chi connectivity index (χ1) is 15.6. The zero-order valence-electron chi connectivity index (χ0n) is 18.0. The third-order valence-electron chi connectivity index (χ3n) is 7.19. The normalized spacial score (nSPS) is 23.5. The molecule has 5 nitrogen and oxygen atoms in total. The minimum absolute atomic E-state index is 0.0707. The average Bonchev–Trinajstić information content (AvgIpc) is 3.39. The molecule has 1 amide bonds. The van der Waals surface area contributed by atoms with Crippen LogP contribution in [0.3, 0.4) is 0 Å². The summed E-state index contributed by atoms with van der Waals surface area (Å²) in [6, 6.07) is 14.2. The van der Waals surface area contributed by atoms with Crippen LogP contribution in [-0.2, 0) is 6.42 Å². The lowest BCUT2D eigenvalue weighted by Gasteiger charge is -2.28. The number of carbonyl (C=O) groups is 1. The smallest absolute Gasteiger partial charge is 0.259 e. The number of fused-ring (bicyclic) bond motifs is 5. The fourth-order valence-electron chi connectivity index (χ4n) is 5.73. The number of para-hydroxylation sites is 1. The van der Waals surface area contributed by atoms with E-state index >= 15 is 0 Å². The van der Waals surface area contributed by atoms with Crippen molar-refractivity contribution in [2.24, 2.45) is 5.92 Å². The second-order valence-corrected chi connectivity index (χ2v) is 10.4. The summed E-state index contributed by atoms with van der Waals surface area (Å²) in [6.45, 7) is 2.75. The Hall–Kier alpha value is -2.86. The number of benzene rings is 1. The van der Waals surface area contributed by atoms with E-state index in [1.165, 1.54) is 6.42 Å². The lowest BCUT2D eigenvalue weighted by Crippen LogP contribution is -2.41. The number of hydrogen-bond acceptors (Lipinski definition) is 4. The third kappa shape index (κ3) is 3.12. The fourth-order valence-corrected chi connectivity index (χ4v) is 6.99. The van der Waals surface area contributed by atoms with Gasteiger partial charge in [0.25, 0.3) is 5.91 Å². The van der Waals surface area contributed by atoms with Crippen LogP contribution in [0.5, 0.6) is 0 Å². The first-order valence-electron chi connectivity index (χ1n) is 11.3. The van der Waals surface area contributed by atoms with Gasteiger partial charge in [-0.1, -0.05) is 18.2 Å². The minimum Gasteiger partial charge on any atom is -0.335 e. The van der Waals surface area contributed by atoms with Gasteiger partial charge in [-0.3, -0.25) is 14.6 Å². The van der Waals surface area contributed by atoms with Crippen molar-refractivity contribution in [2.45, 2.75) is 48.8 Å². The Morgan fingerprint density at radius 3 is 2.78 bits per heavy atom. The molecule has 0 radical (unpaired) electrons. The lowest BCUT2D eigenvalue weighted by molar-refractivity contribution is 0.0700. The van der Waals surface area contributed by atoms with Crippen molar-refractivity contribution in [3.63, 3.8) is 0 Å². The van der Waals surface area contributed by atoms with Crippen molar-refractivity contribution in [1.29, 1.82) is 0 Å². The number of piperidine rings is 1. The molecular formula is C26H25N3O2S. The van der Waals surface area contributed by atoms with Gasteiger partial charge in [0.1, 0.15) is 5.56 Å². The van der Waals surface area contributed by atoms with Crippen LogP contribution in [0.15, 0.2) is 64.5 Å². The van der Waals surface area contributed by atoms with Gasteiger partial charge in [-0.05, 0) is 55.9 Å². The van der Waals surface area contributed by atoms with E-state index in [4.69, 9.17) is 0 Å². The standard InChI is InChI=1S/C26H25N3O2S/c1-16-11-22(30)25(26(31)28-15-17-8-9-19(28)12-17)21-13-24(18-5-4-10-27-14-18)32-23-7-3-2-6-20(23)29(16)21/h2-7,10-11,14,17,19,24H,8-9,12-13,15H2,1H3. The van der Waals surface area contributed by atoms with Gasteiger partial charge in [-0.2, -0.15) is 0 Å². The molecule has 1 saturated heterocycles. The van der Waals surface area contributed by atoms with E-state index in [0.29, 0.717) is 17.9 Å². The Labute approximate surface area is 191 Å². The number of nitrogens with zero attached hydrogens (tertiary/aromatic N) is 3. The minimum atomic E-state index is -0.157. The van der Waals surface area contributed by atoms with Crippen molar-refractivity contribution < 1.29 is 4.79 Å². The van der Waals surface area contributed by atoms with Gasteiger partial charge < -0.3 is 9.47 Å². The molecule has 162 valence electrons. The molecule has 1 saturated carbocycles. The molecule has 0 spiro atoms. The monoisotopic (exact) mass is 443 g/mol. The first-order valence-corrected chi connectivity index (χ1v) is 12.2. The number of rotatable bonds is 2. The molecule has 3 aliphatic rings. The molecule has 32 heavy (non-hydrogen) atoms. The number of aromatic nitrogens is 2. The molecule has 4 heterocycles. The van der Waals surface area contributed by atoms with Crippen molar-refractivity contribution in [3.8, 4) is 5.69 Å². The highest BCUT2D eigenvalue weighted by Gasteiger charge is 2.42. The molecule has 2 fully saturated rings. The van der Waals surface area contributed by atoms with Gasteiger partial charge >= 0.3 is 0 Å². The Balaban J connectivity index is 1.55. The van der Waals surface area contributed by atoms with Crippen LogP contribution in [-0.4, -0.2) is 32.9 Å². The molecule has 2 bridgehead atoms. The number of aryl methyl sites for hydroxylation is 1. The summed E-state index contributed by atoms with van der Waals surface area (Å²) in [4.78, 5) is 34.6. The fraction of sp³-hybridized carbons (Fsp3) is 0.346. The van der Waals surface area contributed by atoms with E-state index in [1.54, 1.807) is 24.0 Å². The molecule has 1 aliphatic carbocycles. The molecule has 3 aromatic rings. The van der Waals surface area contributed by atoms with E-state index in [1.807, 2.05) is 36.2 Å². The van der Waals surface area contributed by atoms with E-state index in [0.717, 1.165) is 46.9 Å². The second kappa shape index (κ2) is 7.62. The van der Waals surface area contributed by atoms with Crippen molar-refractivity contribution in [1.82, 2.24) is 14.5 Å². The molecule has 1 aromatic carbocycles. The Bertz CT molecular complexity index is 1270. The van der Waals surface area contributed by atoms with Crippen molar-refractivity contribution in [3.05, 3.63) is 87.6 Å². The Morgan fingerprint density at radius 2 is 2.03 bits per heavy atom. The molecule has 0 N–H and O–H groups in total. The van der Waals surface area contributed by atoms with Gasteiger partial charge in [0.2, 0.25) is 0 Å². The second-order valence-electron chi connectivity index (χ2n) is 9.16. The summed E-state index contributed by atoms with van der Waals surface area (Å²) in [5.41, 5.74) is 4.03. The number of likely N-dealkylation sites (tertiary alicyclic amines) is 1. The topological polar surface area (TPSA) is 55.2 Å². The highest BCUT2D eigenvalue weighted by Crippen LogP contribution is 2.45. The maximum Gasteiger partial charge on any atom is 0.259 e. The predicted octanol–water partition coefficient (Wildman–Crippen LogP) is 4.55. The van der Waals surface area contributed by atoms with Crippen LogP contribution in [0.25, 0.3) is 5.69 Å². The summed E-state index contributed by atoms with van der Waals surface area (Å²) in [5.74, 6) is 0.510. The van der Waals surface area contributed by atoms with E-state index < -0.39 is 0 Å².